The molecule has 0 bridgehead atoms. The molecule has 0 unspecified atom stereocenters. The second-order valence-electron chi connectivity index (χ2n) is 4.31. The van der Waals surface area contributed by atoms with Gasteiger partial charge in [0.25, 0.3) is 0 Å². The van der Waals surface area contributed by atoms with Gasteiger partial charge in [-0.05, 0) is 17.2 Å². The van der Waals surface area contributed by atoms with E-state index in [9.17, 15) is 0 Å². The van der Waals surface area contributed by atoms with Crippen molar-refractivity contribution in [3.05, 3.63) is 65.7 Å². The van der Waals surface area contributed by atoms with E-state index in [4.69, 9.17) is 5.26 Å². The molecule has 2 aromatic rings. The Morgan fingerprint density at radius 1 is 1.00 bits per heavy atom. The molecule has 2 aromatic carbocycles. The van der Waals surface area contributed by atoms with Crippen LogP contribution in [0.4, 0.5) is 5.69 Å². The van der Waals surface area contributed by atoms with Crippen molar-refractivity contribution in [2.45, 2.75) is 13.0 Å². The zero-order chi connectivity index (χ0) is 12.8. The normalized spacial score (nSPS) is 9.78. The van der Waals surface area contributed by atoms with Crippen molar-refractivity contribution >= 4 is 5.69 Å². The lowest BCUT2D eigenvalue weighted by Crippen LogP contribution is -2.17. The monoisotopic (exact) mass is 236 g/mol. The maximum atomic E-state index is 8.85. The molecule has 0 spiro atoms. The SMILES string of the molecule is CN(Cc1ccccc1)c1ccccc1CC#N. The smallest absolute Gasteiger partial charge is 0.0670 e. The highest BCUT2D eigenvalue weighted by molar-refractivity contribution is 5.54. The highest BCUT2D eigenvalue weighted by Crippen LogP contribution is 2.21. The summed E-state index contributed by atoms with van der Waals surface area (Å²) in [4.78, 5) is 2.18. The van der Waals surface area contributed by atoms with Gasteiger partial charge in [-0.1, -0.05) is 48.5 Å². The fourth-order valence-corrected chi connectivity index (χ4v) is 2.06. The van der Waals surface area contributed by atoms with Gasteiger partial charge in [-0.25, -0.2) is 0 Å². The van der Waals surface area contributed by atoms with Crippen LogP contribution in [-0.4, -0.2) is 7.05 Å². The first-order valence-corrected chi connectivity index (χ1v) is 6.01. The maximum Gasteiger partial charge on any atom is 0.0670 e. The van der Waals surface area contributed by atoms with Gasteiger partial charge in [0, 0.05) is 19.3 Å². The van der Waals surface area contributed by atoms with E-state index in [1.807, 2.05) is 36.4 Å². The number of hydrogen-bond acceptors (Lipinski definition) is 2. The van der Waals surface area contributed by atoms with E-state index in [1.165, 1.54) is 5.56 Å². The Balaban J connectivity index is 2.19. The number of nitriles is 1. The number of benzene rings is 2. The van der Waals surface area contributed by atoms with Crippen molar-refractivity contribution in [1.82, 2.24) is 0 Å². The third kappa shape index (κ3) is 2.89. The van der Waals surface area contributed by atoms with E-state index in [-0.39, 0.29) is 0 Å². The molecule has 0 fully saturated rings. The van der Waals surface area contributed by atoms with Crippen molar-refractivity contribution in [1.29, 1.82) is 5.26 Å². The third-order valence-corrected chi connectivity index (χ3v) is 2.93. The standard InChI is InChI=1S/C16H16N2/c1-18(13-14-7-3-2-4-8-14)16-10-6-5-9-15(16)11-12-17/h2-10H,11,13H2,1H3. The molecule has 18 heavy (non-hydrogen) atoms. The molecule has 2 nitrogen and oxygen atoms in total. The molecule has 0 N–H and O–H groups in total. The average molecular weight is 236 g/mol. The Hall–Kier alpha value is -2.27. The molecule has 0 saturated carbocycles. The van der Waals surface area contributed by atoms with Crippen LogP contribution in [0.1, 0.15) is 11.1 Å². The molecule has 0 radical (unpaired) electrons. The lowest BCUT2D eigenvalue weighted by molar-refractivity contribution is 0.914. The van der Waals surface area contributed by atoms with Gasteiger partial charge in [-0.3, -0.25) is 0 Å². The molecule has 0 aromatic heterocycles. The van der Waals surface area contributed by atoms with E-state index >= 15 is 0 Å². The summed E-state index contributed by atoms with van der Waals surface area (Å²) in [5.41, 5.74) is 3.48. The predicted molar refractivity (Wildman–Crippen MR) is 74.3 cm³/mol. The summed E-state index contributed by atoms with van der Waals surface area (Å²) in [5.74, 6) is 0. The zero-order valence-corrected chi connectivity index (χ0v) is 10.5. The summed E-state index contributed by atoms with van der Waals surface area (Å²) >= 11 is 0. The Bertz CT molecular complexity index is 541. The second-order valence-corrected chi connectivity index (χ2v) is 4.31. The summed E-state index contributed by atoms with van der Waals surface area (Å²) in [6, 6.07) is 20.6. The third-order valence-electron chi connectivity index (χ3n) is 2.93. The van der Waals surface area contributed by atoms with Crippen LogP contribution in [0.3, 0.4) is 0 Å². The number of nitrogens with zero attached hydrogens (tertiary/aromatic N) is 2. The fraction of sp³-hybridized carbons (Fsp3) is 0.188. The van der Waals surface area contributed by atoms with Gasteiger partial charge >= 0.3 is 0 Å². The van der Waals surface area contributed by atoms with Crippen LogP contribution in [0.15, 0.2) is 54.6 Å². The summed E-state index contributed by atoms with van der Waals surface area (Å²) < 4.78 is 0. The number of para-hydroxylation sites is 1. The van der Waals surface area contributed by atoms with Crippen molar-refractivity contribution in [2.24, 2.45) is 0 Å². The highest BCUT2D eigenvalue weighted by atomic mass is 15.1. The van der Waals surface area contributed by atoms with Gasteiger partial charge in [0.05, 0.1) is 12.5 Å². The van der Waals surface area contributed by atoms with E-state index in [2.05, 4.69) is 36.2 Å². The van der Waals surface area contributed by atoms with E-state index < -0.39 is 0 Å². The quantitative estimate of drug-likeness (QED) is 0.813. The minimum atomic E-state index is 0.454. The number of hydrogen-bond donors (Lipinski definition) is 0. The maximum absolute atomic E-state index is 8.85. The Morgan fingerprint density at radius 2 is 1.67 bits per heavy atom. The number of rotatable bonds is 4. The molecule has 0 heterocycles. The van der Waals surface area contributed by atoms with Crippen LogP contribution in [0.5, 0.6) is 0 Å². The lowest BCUT2D eigenvalue weighted by atomic mass is 10.1. The lowest BCUT2D eigenvalue weighted by Gasteiger charge is -2.21. The molecule has 2 rings (SSSR count). The molecular weight excluding hydrogens is 220 g/mol. The first-order chi connectivity index (χ1) is 8.81. The van der Waals surface area contributed by atoms with Gasteiger partial charge < -0.3 is 4.90 Å². The predicted octanol–water partition coefficient (Wildman–Crippen LogP) is 3.39. The molecule has 0 aliphatic rings. The van der Waals surface area contributed by atoms with Crippen LogP contribution in [0, 0.1) is 11.3 Å². The van der Waals surface area contributed by atoms with Crippen molar-refractivity contribution in [3.8, 4) is 6.07 Å². The average Bonchev–Trinajstić information content (AvgIpc) is 2.41. The second kappa shape index (κ2) is 5.88. The van der Waals surface area contributed by atoms with Crippen LogP contribution >= 0.6 is 0 Å². The summed E-state index contributed by atoms with van der Waals surface area (Å²) in [5, 5.41) is 8.85. The first kappa shape index (κ1) is 12.2. The molecule has 0 aliphatic heterocycles. The van der Waals surface area contributed by atoms with Gasteiger partial charge in [0.1, 0.15) is 0 Å². The van der Waals surface area contributed by atoms with E-state index in [0.29, 0.717) is 6.42 Å². The molecule has 0 saturated heterocycles. The van der Waals surface area contributed by atoms with Crippen LogP contribution < -0.4 is 4.90 Å². The van der Waals surface area contributed by atoms with Crippen LogP contribution in [-0.2, 0) is 13.0 Å². The largest absolute Gasteiger partial charge is 0.370 e. The van der Waals surface area contributed by atoms with Crippen LogP contribution in [0.2, 0.25) is 0 Å². The fourth-order valence-electron chi connectivity index (χ4n) is 2.06. The summed E-state index contributed by atoms with van der Waals surface area (Å²) in [6.45, 7) is 0.850. The van der Waals surface area contributed by atoms with E-state index in [0.717, 1.165) is 17.8 Å². The Morgan fingerprint density at radius 3 is 2.39 bits per heavy atom. The van der Waals surface area contributed by atoms with Crippen molar-refractivity contribution in [3.63, 3.8) is 0 Å². The van der Waals surface area contributed by atoms with Gasteiger partial charge in [-0.15, -0.1) is 0 Å². The Kier molecular flexibility index (Phi) is 3.98. The van der Waals surface area contributed by atoms with Crippen LogP contribution in [0.25, 0.3) is 0 Å². The molecular formula is C16H16N2. The number of anilines is 1. The molecule has 2 heteroatoms. The van der Waals surface area contributed by atoms with Gasteiger partial charge in [-0.2, -0.15) is 5.26 Å². The molecule has 0 atom stereocenters. The van der Waals surface area contributed by atoms with Gasteiger partial charge in [0.15, 0.2) is 0 Å². The summed E-state index contributed by atoms with van der Waals surface area (Å²) in [6.07, 6.45) is 0.454. The minimum absolute atomic E-state index is 0.454. The topological polar surface area (TPSA) is 27.0 Å². The zero-order valence-electron chi connectivity index (χ0n) is 10.5. The Labute approximate surface area is 108 Å². The van der Waals surface area contributed by atoms with Crippen molar-refractivity contribution in [2.75, 3.05) is 11.9 Å². The highest BCUT2D eigenvalue weighted by Gasteiger charge is 2.06. The minimum Gasteiger partial charge on any atom is -0.370 e. The van der Waals surface area contributed by atoms with E-state index in [1.54, 1.807) is 0 Å². The molecule has 90 valence electrons. The molecule has 0 amide bonds. The molecule has 0 aliphatic carbocycles. The van der Waals surface area contributed by atoms with Gasteiger partial charge in [0.2, 0.25) is 0 Å². The first-order valence-electron chi connectivity index (χ1n) is 6.01. The summed E-state index contributed by atoms with van der Waals surface area (Å²) in [7, 11) is 2.06. The van der Waals surface area contributed by atoms with Crippen molar-refractivity contribution < 1.29 is 0 Å².